The molecule has 0 aliphatic heterocycles. The smallest absolute Gasteiger partial charge is 0.277 e. The van der Waals surface area contributed by atoms with Crippen LogP contribution in [0.2, 0.25) is 0 Å². The molecule has 0 atom stereocenters. The van der Waals surface area contributed by atoms with Crippen LogP contribution in [0.1, 0.15) is 26.3 Å². The molecule has 28 heavy (non-hydrogen) atoms. The molecule has 0 unspecified atom stereocenters. The summed E-state index contributed by atoms with van der Waals surface area (Å²) >= 11 is 3.37. The van der Waals surface area contributed by atoms with Gasteiger partial charge in [0.2, 0.25) is 12.3 Å². The molecule has 1 heterocycles. The van der Waals surface area contributed by atoms with Crippen LogP contribution in [-0.2, 0) is 6.54 Å². The molecule has 1 amide bonds. The molecule has 0 aliphatic carbocycles. The number of nitrogens with one attached hydrogen (secondary N) is 1. The Morgan fingerprint density at radius 1 is 0.964 bits per heavy atom. The van der Waals surface area contributed by atoms with Crippen molar-refractivity contribution in [2.45, 2.75) is 6.54 Å². The summed E-state index contributed by atoms with van der Waals surface area (Å²) in [5, 5.41) is 3.97. The minimum atomic E-state index is -0.343. The van der Waals surface area contributed by atoms with Crippen molar-refractivity contribution >= 4 is 33.8 Å². The summed E-state index contributed by atoms with van der Waals surface area (Å²) in [5.41, 5.74) is 4.43. The third kappa shape index (κ3) is 6.21. The van der Waals surface area contributed by atoms with Crippen LogP contribution in [0.5, 0.6) is 0 Å². The highest BCUT2D eigenvalue weighted by Crippen LogP contribution is 2.09. The zero-order valence-electron chi connectivity index (χ0n) is 14.8. The number of pyridine rings is 1. The van der Waals surface area contributed by atoms with Crippen LogP contribution >= 0.6 is 15.9 Å². The van der Waals surface area contributed by atoms with Gasteiger partial charge < -0.3 is 17.0 Å². The van der Waals surface area contributed by atoms with Crippen molar-refractivity contribution in [1.82, 2.24) is 5.43 Å². The van der Waals surface area contributed by atoms with Gasteiger partial charge >= 0.3 is 0 Å². The van der Waals surface area contributed by atoms with E-state index in [1.165, 1.54) is 0 Å². The predicted molar refractivity (Wildman–Crippen MR) is 107 cm³/mol. The summed E-state index contributed by atoms with van der Waals surface area (Å²) in [4.78, 5) is 24.6. The summed E-state index contributed by atoms with van der Waals surface area (Å²) in [6.07, 6.45) is 4.95. The van der Waals surface area contributed by atoms with Crippen LogP contribution in [0.15, 0.2) is 88.7 Å². The van der Waals surface area contributed by atoms with Gasteiger partial charge in [0.15, 0.2) is 12.4 Å². The van der Waals surface area contributed by atoms with Gasteiger partial charge in [-0.05, 0) is 23.8 Å². The first-order valence-corrected chi connectivity index (χ1v) is 9.07. The second-order valence-electron chi connectivity index (χ2n) is 5.80. The van der Waals surface area contributed by atoms with Gasteiger partial charge in [-0.1, -0.05) is 58.4 Å². The zero-order valence-corrected chi connectivity index (χ0v) is 17.9. The third-order valence-corrected chi connectivity index (χ3v) is 4.32. The molecule has 3 rings (SSSR count). The fourth-order valence-corrected chi connectivity index (χ4v) is 2.68. The van der Waals surface area contributed by atoms with Gasteiger partial charge in [0.05, 0.1) is 6.21 Å². The largest absolute Gasteiger partial charge is 1.00 e. The van der Waals surface area contributed by atoms with Gasteiger partial charge in [-0.3, -0.25) is 9.59 Å². The van der Waals surface area contributed by atoms with Gasteiger partial charge in [-0.15, -0.1) is 0 Å². The molecule has 7 heteroatoms. The van der Waals surface area contributed by atoms with Crippen molar-refractivity contribution < 1.29 is 31.1 Å². The van der Waals surface area contributed by atoms with Gasteiger partial charge in [-0.2, -0.15) is 9.67 Å². The Balaban J connectivity index is 0.00000280. The van der Waals surface area contributed by atoms with E-state index in [2.05, 4.69) is 26.5 Å². The number of hydrogen-bond donors (Lipinski definition) is 1. The van der Waals surface area contributed by atoms with E-state index in [-0.39, 0.29) is 35.2 Å². The lowest BCUT2D eigenvalue weighted by atomic mass is 10.1. The van der Waals surface area contributed by atoms with E-state index in [1.54, 1.807) is 47.4 Å². The highest BCUT2D eigenvalue weighted by atomic mass is 79.9. The predicted octanol–water partition coefficient (Wildman–Crippen LogP) is 0.387. The molecule has 0 aliphatic rings. The number of nitrogens with zero attached hydrogens (tertiary/aromatic N) is 2. The summed E-state index contributed by atoms with van der Waals surface area (Å²) < 4.78 is 2.66. The molecule has 5 nitrogen and oxygen atoms in total. The topological polar surface area (TPSA) is 62.4 Å². The number of carbonyl (C=O) groups is 2. The van der Waals surface area contributed by atoms with Gasteiger partial charge in [0.25, 0.3) is 5.91 Å². The van der Waals surface area contributed by atoms with Gasteiger partial charge in [0.1, 0.15) is 5.56 Å². The van der Waals surface area contributed by atoms with Crippen LogP contribution in [-0.4, -0.2) is 17.9 Å². The van der Waals surface area contributed by atoms with Crippen molar-refractivity contribution in [3.63, 3.8) is 0 Å². The molecule has 0 spiro atoms. The Hall–Kier alpha value is -2.64. The molecule has 2 aromatic carbocycles. The monoisotopic (exact) mass is 501 g/mol. The summed E-state index contributed by atoms with van der Waals surface area (Å²) in [6.45, 7) is 0.160. The first-order valence-electron chi connectivity index (χ1n) is 8.28. The Kier molecular flexibility index (Phi) is 8.22. The number of Topliss-reactive ketones (excluding diaryl/α,β-unsaturated/α-hetero) is 1. The van der Waals surface area contributed by atoms with E-state index >= 15 is 0 Å². The summed E-state index contributed by atoms with van der Waals surface area (Å²) in [5.74, 6) is -0.365. The van der Waals surface area contributed by atoms with E-state index in [1.807, 2.05) is 42.5 Å². The highest BCUT2D eigenvalue weighted by Gasteiger charge is 2.14. The number of hydrogen-bond acceptors (Lipinski definition) is 3. The van der Waals surface area contributed by atoms with Crippen LogP contribution in [0.4, 0.5) is 0 Å². The number of aromatic nitrogens is 1. The first kappa shape index (κ1) is 21.7. The molecular weight excluding hydrogens is 486 g/mol. The maximum absolute atomic E-state index is 12.3. The number of hydrazone groups is 1. The molecule has 0 radical (unpaired) electrons. The third-order valence-electron chi connectivity index (χ3n) is 3.79. The Morgan fingerprint density at radius 2 is 1.64 bits per heavy atom. The molecule has 3 aromatic rings. The molecule has 1 aromatic heterocycles. The number of ketones is 1. The number of halogens is 2. The number of rotatable bonds is 6. The van der Waals surface area contributed by atoms with E-state index < -0.39 is 0 Å². The second-order valence-corrected chi connectivity index (χ2v) is 6.72. The summed E-state index contributed by atoms with van der Waals surface area (Å²) in [6, 6.07) is 20.0. The van der Waals surface area contributed by atoms with Gasteiger partial charge in [0, 0.05) is 16.1 Å². The van der Waals surface area contributed by atoms with E-state index in [9.17, 15) is 9.59 Å². The minimum Gasteiger partial charge on any atom is -1.00 e. The van der Waals surface area contributed by atoms with Crippen LogP contribution in [0.25, 0.3) is 0 Å². The summed E-state index contributed by atoms with van der Waals surface area (Å²) in [7, 11) is 0. The number of carbonyl (C=O) groups excluding carboxylic acids is 2. The second kappa shape index (κ2) is 10.6. The van der Waals surface area contributed by atoms with Crippen LogP contribution < -0.4 is 27.0 Å². The van der Waals surface area contributed by atoms with Crippen molar-refractivity contribution in [2.75, 3.05) is 0 Å². The number of benzene rings is 2. The highest BCUT2D eigenvalue weighted by molar-refractivity contribution is 9.10. The lowest BCUT2D eigenvalue weighted by molar-refractivity contribution is -0.683. The average Bonchev–Trinajstić information content (AvgIpc) is 2.70. The standard InChI is InChI=1S/C21H16BrN3O2.BrH/c22-19-10-8-16(9-11-19)13-23-24-21(27)18-7-4-12-25(14-18)15-20(26)17-5-2-1-3-6-17;/h1-14H,15H2;1H. The molecule has 142 valence electrons. The Labute approximate surface area is 182 Å². The van der Waals surface area contributed by atoms with Crippen molar-refractivity contribution in [1.29, 1.82) is 0 Å². The van der Waals surface area contributed by atoms with Crippen molar-refractivity contribution in [3.8, 4) is 0 Å². The first-order chi connectivity index (χ1) is 13.1. The maximum Gasteiger partial charge on any atom is 0.277 e. The van der Waals surface area contributed by atoms with Crippen molar-refractivity contribution in [2.24, 2.45) is 5.10 Å². The van der Waals surface area contributed by atoms with E-state index in [0.717, 1.165) is 10.0 Å². The Bertz CT molecular complexity index is 974. The molecular formula is C21H17Br2N3O2. The van der Waals surface area contributed by atoms with E-state index in [4.69, 9.17) is 0 Å². The van der Waals surface area contributed by atoms with Gasteiger partial charge in [-0.25, -0.2) is 5.43 Å². The minimum absolute atomic E-state index is 0. The van der Waals surface area contributed by atoms with Crippen molar-refractivity contribution in [3.05, 3.63) is 100 Å². The molecule has 0 saturated carbocycles. The van der Waals surface area contributed by atoms with Crippen LogP contribution in [0.3, 0.4) is 0 Å². The molecule has 0 saturated heterocycles. The quantitative estimate of drug-likeness (QED) is 0.229. The van der Waals surface area contributed by atoms with E-state index in [0.29, 0.717) is 11.1 Å². The lowest BCUT2D eigenvalue weighted by Crippen LogP contribution is -3.00. The molecule has 1 N–H and O–H groups in total. The number of amides is 1. The average molecular weight is 503 g/mol. The SMILES string of the molecule is O=C(C[n+]1cccc(C(=O)NN=Cc2ccc(Br)cc2)c1)c1ccccc1.[Br-]. The Morgan fingerprint density at radius 3 is 2.36 bits per heavy atom. The van der Waals surface area contributed by atoms with Crippen LogP contribution in [0, 0.1) is 0 Å². The molecule has 0 bridgehead atoms. The normalized spacial score (nSPS) is 10.3. The zero-order chi connectivity index (χ0) is 19.1. The molecule has 0 fully saturated rings. The fourth-order valence-electron chi connectivity index (χ4n) is 2.41. The fraction of sp³-hybridized carbons (Fsp3) is 0.0476. The lowest BCUT2D eigenvalue weighted by Gasteiger charge is -2.01. The maximum atomic E-state index is 12.3.